The molecule has 1 aromatic heterocycles. The quantitative estimate of drug-likeness (QED) is 0.378. The third kappa shape index (κ3) is 4.75. The van der Waals surface area contributed by atoms with Crippen LogP contribution in [0.3, 0.4) is 0 Å². The lowest BCUT2D eigenvalue weighted by Gasteiger charge is -2.59. The number of hydrogen-bond acceptors (Lipinski definition) is 6. The van der Waals surface area contributed by atoms with Gasteiger partial charge in [-0.05, 0) is 81.1 Å². The van der Waals surface area contributed by atoms with E-state index in [0.29, 0.717) is 44.3 Å². The van der Waals surface area contributed by atoms with Crippen LogP contribution in [0.25, 0.3) is 11.1 Å². The molecule has 2 fully saturated rings. The van der Waals surface area contributed by atoms with Gasteiger partial charge in [-0.15, -0.1) is 0 Å². The van der Waals surface area contributed by atoms with E-state index in [1.165, 1.54) is 0 Å². The molecule has 1 saturated heterocycles. The second-order valence-electron chi connectivity index (χ2n) is 11.4. The molecule has 0 spiro atoms. The van der Waals surface area contributed by atoms with Gasteiger partial charge in [0.25, 0.3) is 5.91 Å². The Morgan fingerprint density at radius 3 is 2.58 bits per heavy atom. The predicted octanol–water partition coefficient (Wildman–Crippen LogP) is 3.47. The molecule has 40 heavy (non-hydrogen) atoms. The van der Waals surface area contributed by atoms with Crippen molar-refractivity contribution in [1.29, 1.82) is 0 Å². The zero-order valence-electron chi connectivity index (χ0n) is 23.3. The number of Topliss-reactive ketones (excluding diaryl/α,β-unsaturated/α-hetero) is 1. The average Bonchev–Trinajstić information content (AvgIpc) is 2.93. The highest BCUT2D eigenvalue weighted by atomic mass is 16.3. The third-order valence-electron chi connectivity index (χ3n) is 9.23. The zero-order chi connectivity index (χ0) is 28.7. The van der Waals surface area contributed by atoms with Crippen molar-refractivity contribution < 1.29 is 19.8 Å². The number of aromatic nitrogens is 1. The predicted molar refractivity (Wildman–Crippen MR) is 154 cm³/mol. The number of carbonyl (C=O) groups is 2. The third-order valence-corrected chi connectivity index (χ3v) is 9.23. The number of aromatic amines is 1. The van der Waals surface area contributed by atoms with Crippen LogP contribution in [0.5, 0.6) is 5.75 Å². The summed E-state index contributed by atoms with van der Waals surface area (Å²) in [5, 5.41) is 26.5. The number of aryl methyl sites for hydroxylation is 1. The number of aliphatic hydroxyl groups is 1. The molecular weight excluding hydrogens is 506 g/mol. The Hall–Kier alpha value is -3.75. The number of likely N-dealkylation sites (N-methyl/N-ethyl adjacent to an activating group) is 1. The number of rotatable bonds is 6. The minimum Gasteiger partial charge on any atom is -0.507 e. The van der Waals surface area contributed by atoms with Crippen molar-refractivity contribution >= 4 is 11.7 Å². The minimum atomic E-state index is -1.20. The number of aromatic hydroxyl groups is 1. The van der Waals surface area contributed by atoms with E-state index in [9.17, 15) is 24.6 Å². The summed E-state index contributed by atoms with van der Waals surface area (Å²) in [5.74, 6) is -0.480. The summed E-state index contributed by atoms with van der Waals surface area (Å²) < 4.78 is 0. The molecule has 2 aromatic carbocycles. The Kier molecular flexibility index (Phi) is 7.42. The Labute approximate surface area is 234 Å². The van der Waals surface area contributed by atoms with Gasteiger partial charge in [-0.25, -0.2) is 0 Å². The molecule has 210 valence electrons. The van der Waals surface area contributed by atoms with Crippen molar-refractivity contribution in [3.05, 3.63) is 87.3 Å². The summed E-state index contributed by atoms with van der Waals surface area (Å²) in [6, 6.07) is 14.4. The molecule has 4 N–H and O–H groups in total. The monoisotopic (exact) mass is 543 g/mol. The summed E-state index contributed by atoms with van der Waals surface area (Å²) in [6.45, 7) is 4.87. The van der Waals surface area contributed by atoms with Crippen LogP contribution in [0.4, 0.5) is 0 Å². The zero-order valence-corrected chi connectivity index (χ0v) is 23.3. The molecular formula is C32H37N3O5. The van der Waals surface area contributed by atoms with Gasteiger partial charge in [0, 0.05) is 48.7 Å². The highest BCUT2D eigenvalue weighted by Gasteiger charge is 2.61. The van der Waals surface area contributed by atoms with Crippen LogP contribution >= 0.6 is 0 Å². The van der Waals surface area contributed by atoms with Gasteiger partial charge in [-0.3, -0.25) is 14.4 Å². The van der Waals surface area contributed by atoms with E-state index in [0.717, 1.165) is 22.3 Å². The molecule has 2 heterocycles. The molecule has 2 aliphatic rings. The minimum absolute atomic E-state index is 0.0696. The number of H-pyrrole nitrogens is 1. The summed E-state index contributed by atoms with van der Waals surface area (Å²) in [5.41, 5.74) is 1.90. The van der Waals surface area contributed by atoms with Crippen molar-refractivity contribution in [3.63, 3.8) is 0 Å². The number of ketones is 1. The first-order valence-electron chi connectivity index (χ1n) is 13.9. The van der Waals surface area contributed by atoms with E-state index in [-0.39, 0.29) is 35.1 Å². The van der Waals surface area contributed by atoms with Crippen molar-refractivity contribution in [3.8, 4) is 16.9 Å². The van der Waals surface area contributed by atoms with Crippen LogP contribution in [0, 0.1) is 6.92 Å². The number of hydrogen-bond donors (Lipinski definition) is 4. The van der Waals surface area contributed by atoms with Gasteiger partial charge < -0.3 is 25.4 Å². The number of pyridine rings is 1. The van der Waals surface area contributed by atoms with Gasteiger partial charge in [0.2, 0.25) is 5.56 Å². The molecule has 8 heteroatoms. The Morgan fingerprint density at radius 1 is 1.10 bits per heavy atom. The summed E-state index contributed by atoms with van der Waals surface area (Å²) in [4.78, 5) is 42.3. The number of phenolic OH excluding ortho intramolecular Hbond substituents is 1. The standard InChI is InChI=1S/C32H37N3O5/c1-20-4-9-26(29(38)28(20)31-14-17-35(3)21(2)32(31,40)13-10-25(36)19-31)30(39)34-15-11-22-5-7-23(8-6-22)24-12-16-33-27(37)18-24/h4-9,12,16,18,21,38,40H,10-11,13-15,17,19H2,1-3H3,(H,33,37)(H,34,39)/t21-,31-,32-/m1/s1. The Morgan fingerprint density at radius 2 is 1.85 bits per heavy atom. The number of likely N-dealkylation sites (tertiary alicyclic amines) is 1. The lowest BCUT2D eigenvalue weighted by Crippen LogP contribution is -2.69. The normalized spacial score (nSPS) is 24.9. The topological polar surface area (TPSA) is 123 Å². The van der Waals surface area contributed by atoms with Gasteiger partial charge in [0.05, 0.1) is 11.2 Å². The summed E-state index contributed by atoms with van der Waals surface area (Å²) in [6.07, 6.45) is 3.50. The van der Waals surface area contributed by atoms with Gasteiger partial charge >= 0.3 is 0 Å². The Balaban J connectivity index is 1.35. The van der Waals surface area contributed by atoms with E-state index in [4.69, 9.17) is 0 Å². The highest BCUT2D eigenvalue weighted by molar-refractivity contribution is 5.97. The maximum atomic E-state index is 13.3. The number of nitrogens with one attached hydrogen (secondary N) is 2. The number of carbonyl (C=O) groups excluding carboxylic acids is 2. The fraction of sp³-hybridized carbons (Fsp3) is 0.406. The first-order valence-corrected chi connectivity index (χ1v) is 13.9. The van der Waals surface area contributed by atoms with Crippen molar-refractivity contribution in [1.82, 2.24) is 15.2 Å². The number of amides is 1. The van der Waals surface area contributed by atoms with Gasteiger partial charge in [0.1, 0.15) is 11.5 Å². The number of nitrogens with zero attached hydrogens (tertiary/aromatic N) is 1. The van der Waals surface area contributed by atoms with Gasteiger partial charge in [0.15, 0.2) is 0 Å². The van der Waals surface area contributed by atoms with E-state index in [2.05, 4.69) is 15.2 Å². The van der Waals surface area contributed by atoms with Crippen molar-refractivity contribution in [2.24, 2.45) is 0 Å². The lowest BCUT2D eigenvalue weighted by molar-refractivity contribution is -0.161. The lowest BCUT2D eigenvalue weighted by atomic mass is 9.53. The molecule has 0 bridgehead atoms. The maximum Gasteiger partial charge on any atom is 0.255 e. The van der Waals surface area contributed by atoms with Crippen LogP contribution in [0.15, 0.2) is 59.5 Å². The molecule has 1 aliphatic carbocycles. The van der Waals surface area contributed by atoms with Crippen LogP contribution < -0.4 is 10.9 Å². The van der Waals surface area contributed by atoms with Crippen LogP contribution in [-0.4, -0.2) is 63.6 Å². The van der Waals surface area contributed by atoms with E-state index < -0.39 is 16.9 Å². The van der Waals surface area contributed by atoms with Gasteiger partial charge in [-0.2, -0.15) is 0 Å². The smallest absolute Gasteiger partial charge is 0.255 e. The maximum absolute atomic E-state index is 13.3. The van der Waals surface area contributed by atoms with Crippen LogP contribution in [-0.2, 0) is 16.6 Å². The fourth-order valence-corrected chi connectivity index (χ4v) is 6.80. The van der Waals surface area contributed by atoms with E-state index in [1.807, 2.05) is 51.2 Å². The fourth-order valence-electron chi connectivity index (χ4n) is 6.80. The first-order chi connectivity index (χ1) is 19.1. The van der Waals surface area contributed by atoms with Crippen molar-refractivity contribution in [2.75, 3.05) is 20.1 Å². The van der Waals surface area contributed by atoms with E-state index in [1.54, 1.807) is 24.4 Å². The average molecular weight is 544 g/mol. The number of fused-ring (bicyclic) bond motifs is 1. The number of phenols is 1. The summed E-state index contributed by atoms with van der Waals surface area (Å²) >= 11 is 0. The van der Waals surface area contributed by atoms with E-state index >= 15 is 0 Å². The summed E-state index contributed by atoms with van der Waals surface area (Å²) in [7, 11) is 1.97. The number of benzene rings is 2. The second kappa shape index (κ2) is 10.7. The van der Waals surface area contributed by atoms with Gasteiger partial charge in [-0.1, -0.05) is 30.3 Å². The molecule has 3 aromatic rings. The Bertz CT molecular complexity index is 1500. The molecule has 1 aliphatic heterocycles. The van der Waals surface area contributed by atoms with Crippen molar-refractivity contribution in [2.45, 2.75) is 63.0 Å². The highest BCUT2D eigenvalue weighted by Crippen LogP contribution is 2.56. The molecule has 1 amide bonds. The molecule has 0 radical (unpaired) electrons. The molecule has 0 unspecified atom stereocenters. The molecule has 1 saturated carbocycles. The van der Waals surface area contributed by atoms with Crippen LogP contribution in [0.2, 0.25) is 0 Å². The molecule has 5 rings (SSSR count). The van der Waals surface area contributed by atoms with Crippen LogP contribution in [0.1, 0.15) is 59.7 Å². The second-order valence-corrected chi connectivity index (χ2v) is 11.4. The number of piperidine rings is 1. The largest absolute Gasteiger partial charge is 0.507 e. The molecule has 8 nitrogen and oxygen atoms in total. The first kappa shape index (κ1) is 27.8. The molecule has 3 atom stereocenters. The SMILES string of the molecule is Cc1ccc(C(=O)NCCc2ccc(-c3cc[nH]c(=O)c3)cc2)c(O)c1[C@]12CCN(C)[C@H](C)[C@]1(O)CCC(=O)C2.